The third-order valence-electron chi connectivity index (χ3n) is 4.35. The van der Waals surface area contributed by atoms with Gasteiger partial charge in [-0.3, -0.25) is 9.78 Å². The van der Waals surface area contributed by atoms with E-state index in [2.05, 4.69) is 17.2 Å². The van der Waals surface area contributed by atoms with Crippen LogP contribution in [0.25, 0.3) is 0 Å². The molecule has 1 atom stereocenters. The van der Waals surface area contributed by atoms with Crippen LogP contribution in [0, 0.1) is 19.3 Å². The Morgan fingerprint density at radius 2 is 2.25 bits per heavy atom. The number of Topliss-reactive ketones (excluding diaryl/α,β-unsaturated/α-hetero) is 1. The third-order valence-corrected chi connectivity index (χ3v) is 4.35. The summed E-state index contributed by atoms with van der Waals surface area (Å²) >= 11 is 0. The monoisotopic (exact) mass is 276 g/mol. The van der Waals surface area contributed by atoms with E-state index < -0.39 is 0 Å². The van der Waals surface area contributed by atoms with E-state index in [1.54, 1.807) is 13.3 Å². The maximum atomic E-state index is 12.6. The molecule has 0 radical (unpaired) electrons. The lowest BCUT2D eigenvalue weighted by Crippen LogP contribution is -2.44. The Labute approximate surface area is 120 Å². The van der Waals surface area contributed by atoms with E-state index in [9.17, 15) is 4.79 Å². The molecule has 1 saturated heterocycles. The molecule has 1 aliphatic rings. The number of methoxy groups -OCH3 is 1. The average Bonchev–Trinajstić information content (AvgIpc) is 2.43. The molecule has 1 aromatic rings. The second-order valence-corrected chi connectivity index (χ2v) is 5.99. The van der Waals surface area contributed by atoms with E-state index in [-0.39, 0.29) is 11.2 Å². The molecule has 0 spiro atoms. The van der Waals surface area contributed by atoms with Crippen molar-refractivity contribution in [3.05, 3.63) is 23.0 Å². The summed E-state index contributed by atoms with van der Waals surface area (Å²) in [6, 6.07) is 0. The Morgan fingerprint density at radius 3 is 2.85 bits per heavy atom. The highest BCUT2D eigenvalue weighted by Gasteiger charge is 2.34. The molecule has 2 rings (SSSR count). The summed E-state index contributed by atoms with van der Waals surface area (Å²) in [5.41, 5.74) is 2.56. The van der Waals surface area contributed by atoms with Crippen LogP contribution in [0.5, 0.6) is 5.75 Å². The van der Waals surface area contributed by atoms with E-state index in [0.29, 0.717) is 6.42 Å². The fraction of sp³-hybridized carbons (Fsp3) is 0.625. The minimum atomic E-state index is -0.259. The lowest BCUT2D eigenvalue weighted by atomic mass is 9.77. The summed E-state index contributed by atoms with van der Waals surface area (Å²) < 4.78 is 5.40. The normalized spacial score (nSPS) is 22.6. The zero-order valence-electron chi connectivity index (χ0n) is 12.9. The third kappa shape index (κ3) is 2.85. The lowest BCUT2D eigenvalue weighted by Gasteiger charge is -2.32. The Bertz CT molecular complexity index is 505. The molecule has 0 aliphatic carbocycles. The summed E-state index contributed by atoms with van der Waals surface area (Å²) in [5.74, 6) is 1.11. The summed E-state index contributed by atoms with van der Waals surface area (Å²) in [5, 5.41) is 3.32. The smallest absolute Gasteiger partial charge is 0.145 e. The molecule has 2 heterocycles. The van der Waals surface area contributed by atoms with Crippen molar-refractivity contribution in [2.75, 3.05) is 20.2 Å². The number of aromatic nitrogens is 1. The van der Waals surface area contributed by atoms with Crippen LogP contribution in [0.1, 0.15) is 36.6 Å². The van der Waals surface area contributed by atoms with Crippen LogP contribution in [-0.2, 0) is 11.2 Å². The van der Waals surface area contributed by atoms with Gasteiger partial charge in [-0.1, -0.05) is 6.92 Å². The number of piperidine rings is 1. The van der Waals surface area contributed by atoms with Gasteiger partial charge in [0.25, 0.3) is 0 Å². The molecule has 4 heteroatoms. The highest BCUT2D eigenvalue weighted by atomic mass is 16.5. The van der Waals surface area contributed by atoms with Crippen molar-refractivity contribution in [3.8, 4) is 5.75 Å². The molecule has 1 N–H and O–H groups in total. The van der Waals surface area contributed by atoms with Gasteiger partial charge >= 0.3 is 0 Å². The first-order valence-corrected chi connectivity index (χ1v) is 7.21. The second-order valence-electron chi connectivity index (χ2n) is 5.99. The number of carbonyl (C=O) groups is 1. The van der Waals surface area contributed by atoms with E-state index in [1.165, 1.54) is 0 Å². The number of hydrogen-bond acceptors (Lipinski definition) is 4. The Morgan fingerprint density at radius 1 is 1.50 bits per heavy atom. The van der Waals surface area contributed by atoms with Gasteiger partial charge in [-0.15, -0.1) is 0 Å². The summed E-state index contributed by atoms with van der Waals surface area (Å²) in [6.07, 6.45) is 4.20. The number of ketones is 1. The van der Waals surface area contributed by atoms with Crippen LogP contribution in [0.3, 0.4) is 0 Å². The van der Waals surface area contributed by atoms with E-state index in [1.807, 2.05) is 13.8 Å². The Balaban J connectivity index is 2.19. The highest BCUT2D eigenvalue weighted by molar-refractivity contribution is 5.86. The maximum Gasteiger partial charge on any atom is 0.145 e. The quantitative estimate of drug-likeness (QED) is 0.916. The first-order chi connectivity index (χ1) is 9.48. The summed E-state index contributed by atoms with van der Waals surface area (Å²) in [6.45, 7) is 7.79. The van der Waals surface area contributed by atoms with Crippen LogP contribution in [0.4, 0.5) is 0 Å². The molecule has 4 nitrogen and oxygen atoms in total. The Kier molecular flexibility index (Phi) is 4.43. The number of carbonyl (C=O) groups excluding carboxylic acids is 1. The number of nitrogens with one attached hydrogen (secondary N) is 1. The van der Waals surface area contributed by atoms with Crippen molar-refractivity contribution in [2.45, 2.75) is 40.0 Å². The number of nitrogens with zero attached hydrogens (tertiary/aromatic N) is 1. The fourth-order valence-electron chi connectivity index (χ4n) is 2.91. The lowest BCUT2D eigenvalue weighted by molar-refractivity contribution is -0.128. The van der Waals surface area contributed by atoms with Gasteiger partial charge in [-0.2, -0.15) is 0 Å². The molecule has 0 aromatic carbocycles. The predicted octanol–water partition coefficient (Wildman–Crippen LogP) is 2.21. The molecule has 1 fully saturated rings. The van der Waals surface area contributed by atoms with Gasteiger partial charge in [0, 0.05) is 35.7 Å². The van der Waals surface area contributed by atoms with Crippen molar-refractivity contribution in [3.63, 3.8) is 0 Å². The zero-order valence-corrected chi connectivity index (χ0v) is 12.9. The van der Waals surface area contributed by atoms with Gasteiger partial charge in [0.1, 0.15) is 11.5 Å². The van der Waals surface area contributed by atoms with Crippen molar-refractivity contribution in [1.82, 2.24) is 10.3 Å². The number of hydrogen-bond donors (Lipinski definition) is 1. The molecule has 0 amide bonds. The number of ether oxygens (including phenoxy) is 1. The van der Waals surface area contributed by atoms with Gasteiger partial charge in [-0.05, 0) is 33.2 Å². The van der Waals surface area contributed by atoms with Gasteiger partial charge < -0.3 is 10.1 Å². The molecule has 1 unspecified atom stereocenters. The summed E-state index contributed by atoms with van der Waals surface area (Å²) in [4.78, 5) is 17.0. The maximum absolute atomic E-state index is 12.6. The van der Waals surface area contributed by atoms with E-state index >= 15 is 0 Å². The van der Waals surface area contributed by atoms with Gasteiger partial charge in [0.05, 0.1) is 12.8 Å². The molecule has 20 heavy (non-hydrogen) atoms. The molecule has 1 aliphatic heterocycles. The highest BCUT2D eigenvalue weighted by Crippen LogP contribution is 2.30. The zero-order chi connectivity index (χ0) is 14.8. The Hall–Kier alpha value is -1.42. The average molecular weight is 276 g/mol. The first kappa shape index (κ1) is 15.0. The van der Waals surface area contributed by atoms with Crippen molar-refractivity contribution < 1.29 is 9.53 Å². The molecule has 1 aromatic heterocycles. The van der Waals surface area contributed by atoms with Crippen molar-refractivity contribution >= 4 is 5.78 Å². The first-order valence-electron chi connectivity index (χ1n) is 7.21. The molecular formula is C16H24N2O2. The van der Waals surface area contributed by atoms with Crippen LogP contribution < -0.4 is 10.1 Å². The number of rotatable bonds is 4. The second kappa shape index (κ2) is 5.92. The SMILES string of the molecule is COc1c(C)cnc(CC(=O)C2(C)CCCNC2)c1C. The fourth-order valence-corrected chi connectivity index (χ4v) is 2.91. The minimum Gasteiger partial charge on any atom is -0.496 e. The predicted molar refractivity (Wildman–Crippen MR) is 79.2 cm³/mol. The minimum absolute atomic E-state index is 0.259. The van der Waals surface area contributed by atoms with Gasteiger partial charge in [0.15, 0.2) is 0 Å². The van der Waals surface area contributed by atoms with Crippen LogP contribution in [0.2, 0.25) is 0 Å². The summed E-state index contributed by atoms with van der Waals surface area (Å²) in [7, 11) is 1.66. The van der Waals surface area contributed by atoms with Crippen molar-refractivity contribution in [2.24, 2.45) is 5.41 Å². The molecule has 0 bridgehead atoms. The molecule has 0 saturated carbocycles. The van der Waals surface area contributed by atoms with Crippen LogP contribution in [0.15, 0.2) is 6.20 Å². The molecule has 110 valence electrons. The van der Waals surface area contributed by atoms with Gasteiger partial charge in [-0.25, -0.2) is 0 Å². The molecular weight excluding hydrogens is 252 g/mol. The van der Waals surface area contributed by atoms with Crippen LogP contribution >= 0.6 is 0 Å². The standard InChI is InChI=1S/C16H24N2O2/c1-11-9-18-13(12(2)15(11)20-4)8-14(19)16(3)6-5-7-17-10-16/h9,17H,5-8,10H2,1-4H3. The number of pyridine rings is 1. The number of aryl methyl sites for hydroxylation is 1. The van der Waals surface area contributed by atoms with Crippen LogP contribution in [-0.4, -0.2) is 31.0 Å². The van der Waals surface area contributed by atoms with Crippen molar-refractivity contribution in [1.29, 1.82) is 0 Å². The van der Waals surface area contributed by atoms with E-state index in [0.717, 1.165) is 48.5 Å². The van der Waals surface area contributed by atoms with E-state index in [4.69, 9.17) is 4.74 Å². The largest absolute Gasteiger partial charge is 0.496 e. The van der Waals surface area contributed by atoms with Gasteiger partial charge in [0.2, 0.25) is 0 Å². The topological polar surface area (TPSA) is 51.2 Å².